The predicted molar refractivity (Wildman–Crippen MR) is 86.0 cm³/mol. The van der Waals surface area contributed by atoms with Crippen LogP contribution in [0.25, 0.3) is 11.3 Å². The average molecular weight is 310 g/mol. The van der Waals surface area contributed by atoms with Gasteiger partial charge in [-0.1, -0.05) is 30.3 Å². The maximum Gasteiger partial charge on any atom is 0.299 e. The first-order chi connectivity index (χ1) is 11.1. The molecule has 0 amide bonds. The topological polar surface area (TPSA) is 55.1 Å². The molecule has 2 aromatic carbocycles. The summed E-state index contributed by atoms with van der Waals surface area (Å²) in [4.78, 5) is 15.3. The monoisotopic (exact) mass is 310 g/mol. The number of nitrogens with one attached hydrogen (secondary N) is 1. The Labute approximate surface area is 133 Å². The Bertz CT molecular complexity index is 842. The van der Waals surface area contributed by atoms with Gasteiger partial charge in [-0.15, -0.1) is 0 Å². The fraction of sp³-hybridized carbons (Fsp3) is 0.111. The molecule has 3 aromatic rings. The fourth-order valence-corrected chi connectivity index (χ4v) is 2.27. The molecule has 0 spiro atoms. The number of aromatic nitrogens is 1. The van der Waals surface area contributed by atoms with Crippen molar-refractivity contribution < 1.29 is 13.6 Å². The smallest absolute Gasteiger partial charge is 0.299 e. The highest BCUT2D eigenvalue weighted by atomic mass is 19.1. The highest BCUT2D eigenvalue weighted by molar-refractivity contribution is 5.78. The molecule has 0 aliphatic heterocycles. The number of Topliss-reactive ketones (excluding diaryl/α,β-unsaturated/α-hetero) is 1. The van der Waals surface area contributed by atoms with Crippen LogP contribution in [0.4, 0.5) is 16.1 Å². The molecule has 0 fully saturated rings. The third-order valence-electron chi connectivity index (χ3n) is 3.29. The van der Waals surface area contributed by atoms with Crippen molar-refractivity contribution in [3.63, 3.8) is 0 Å². The molecule has 0 unspecified atom stereocenters. The van der Waals surface area contributed by atoms with Crippen molar-refractivity contribution >= 4 is 17.5 Å². The number of halogens is 1. The van der Waals surface area contributed by atoms with Crippen LogP contribution in [0, 0.1) is 5.82 Å². The molecule has 116 valence electrons. The Morgan fingerprint density at radius 1 is 1.22 bits per heavy atom. The van der Waals surface area contributed by atoms with Crippen LogP contribution in [0.1, 0.15) is 12.5 Å². The van der Waals surface area contributed by atoms with Crippen molar-refractivity contribution in [2.24, 2.45) is 0 Å². The molecule has 1 heterocycles. The van der Waals surface area contributed by atoms with Gasteiger partial charge in [-0.3, -0.25) is 4.79 Å². The van der Waals surface area contributed by atoms with E-state index in [0.717, 1.165) is 11.1 Å². The van der Waals surface area contributed by atoms with E-state index in [1.807, 2.05) is 24.3 Å². The summed E-state index contributed by atoms with van der Waals surface area (Å²) in [5.41, 5.74) is 2.03. The lowest BCUT2D eigenvalue weighted by atomic mass is 10.1. The van der Waals surface area contributed by atoms with Crippen LogP contribution in [0.2, 0.25) is 0 Å². The minimum Gasteiger partial charge on any atom is -0.423 e. The van der Waals surface area contributed by atoms with E-state index >= 15 is 0 Å². The van der Waals surface area contributed by atoms with Crippen molar-refractivity contribution in [3.05, 3.63) is 66.1 Å². The van der Waals surface area contributed by atoms with Crippen molar-refractivity contribution in [2.45, 2.75) is 13.3 Å². The van der Waals surface area contributed by atoms with E-state index in [9.17, 15) is 9.18 Å². The first-order valence-corrected chi connectivity index (χ1v) is 7.18. The highest BCUT2D eigenvalue weighted by Crippen LogP contribution is 2.26. The lowest BCUT2D eigenvalue weighted by molar-refractivity contribution is -0.116. The van der Waals surface area contributed by atoms with Gasteiger partial charge < -0.3 is 9.73 Å². The van der Waals surface area contributed by atoms with Crippen molar-refractivity contribution in [1.29, 1.82) is 0 Å². The van der Waals surface area contributed by atoms with Crippen LogP contribution in [0.15, 0.2) is 59.1 Å². The summed E-state index contributed by atoms with van der Waals surface area (Å²) in [6, 6.07) is 14.0. The van der Waals surface area contributed by atoms with E-state index in [2.05, 4.69) is 10.3 Å². The lowest BCUT2D eigenvalue weighted by Crippen LogP contribution is -1.95. The number of oxazole rings is 1. The zero-order chi connectivity index (χ0) is 16.2. The van der Waals surface area contributed by atoms with Crippen molar-refractivity contribution in [3.8, 4) is 11.3 Å². The number of para-hydroxylation sites is 1. The number of hydrogen-bond donors (Lipinski definition) is 1. The van der Waals surface area contributed by atoms with E-state index < -0.39 is 0 Å². The molecule has 0 bridgehead atoms. The third kappa shape index (κ3) is 3.63. The molecular formula is C18H15FN2O2. The first-order valence-electron chi connectivity index (χ1n) is 7.18. The SMILES string of the molecule is CC(=O)Cc1cccc(-c2cnc(Nc3ccccc3F)o2)c1. The van der Waals surface area contributed by atoms with Crippen LogP contribution in [-0.4, -0.2) is 10.8 Å². The summed E-state index contributed by atoms with van der Waals surface area (Å²) < 4.78 is 19.2. The molecule has 3 rings (SSSR count). The summed E-state index contributed by atoms with van der Waals surface area (Å²) in [6.45, 7) is 1.55. The number of carbonyl (C=O) groups is 1. The molecule has 5 heteroatoms. The highest BCUT2D eigenvalue weighted by Gasteiger charge is 2.09. The standard InChI is InChI=1S/C18H15FN2O2/c1-12(22)9-13-5-4-6-14(10-13)17-11-20-18(23-17)21-16-8-3-2-7-15(16)19/h2-8,10-11H,9H2,1H3,(H,20,21). The van der Waals surface area contributed by atoms with E-state index in [1.165, 1.54) is 6.07 Å². The van der Waals surface area contributed by atoms with Gasteiger partial charge in [0.2, 0.25) is 0 Å². The van der Waals surface area contributed by atoms with Gasteiger partial charge in [0.05, 0.1) is 11.9 Å². The maximum atomic E-state index is 13.6. The van der Waals surface area contributed by atoms with Gasteiger partial charge in [0.25, 0.3) is 6.01 Å². The van der Waals surface area contributed by atoms with Gasteiger partial charge in [0.1, 0.15) is 11.6 Å². The second-order valence-corrected chi connectivity index (χ2v) is 5.21. The number of ketones is 1. The van der Waals surface area contributed by atoms with Gasteiger partial charge in [-0.05, 0) is 30.7 Å². The van der Waals surface area contributed by atoms with E-state index in [4.69, 9.17) is 4.42 Å². The van der Waals surface area contributed by atoms with E-state index in [0.29, 0.717) is 17.9 Å². The number of carbonyl (C=O) groups excluding carboxylic acids is 1. The molecule has 1 N–H and O–H groups in total. The molecule has 0 atom stereocenters. The number of anilines is 2. The zero-order valence-electron chi connectivity index (χ0n) is 12.5. The first kappa shape index (κ1) is 15.0. The molecular weight excluding hydrogens is 295 g/mol. The van der Waals surface area contributed by atoms with E-state index in [1.54, 1.807) is 31.3 Å². The number of nitrogens with zero attached hydrogens (tertiary/aromatic N) is 1. The Hall–Kier alpha value is -2.95. The largest absolute Gasteiger partial charge is 0.423 e. The summed E-state index contributed by atoms with van der Waals surface area (Å²) in [6.07, 6.45) is 1.94. The second kappa shape index (κ2) is 6.44. The molecule has 0 saturated carbocycles. The van der Waals surface area contributed by atoms with Crippen LogP contribution in [0.3, 0.4) is 0 Å². The van der Waals surface area contributed by atoms with Crippen LogP contribution in [0.5, 0.6) is 0 Å². The molecule has 4 nitrogen and oxygen atoms in total. The minimum absolute atomic E-state index is 0.0987. The third-order valence-corrected chi connectivity index (χ3v) is 3.29. The zero-order valence-corrected chi connectivity index (χ0v) is 12.5. The normalized spacial score (nSPS) is 10.5. The Kier molecular flexibility index (Phi) is 4.19. The summed E-state index contributed by atoms with van der Waals surface area (Å²) in [5, 5.41) is 2.80. The van der Waals surface area contributed by atoms with Gasteiger partial charge in [0, 0.05) is 12.0 Å². The summed E-state index contributed by atoms with van der Waals surface area (Å²) in [7, 11) is 0. The molecule has 0 aliphatic carbocycles. The van der Waals surface area contributed by atoms with Crippen LogP contribution in [-0.2, 0) is 11.2 Å². The Morgan fingerprint density at radius 3 is 2.83 bits per heavy atom. The molecule has 0 radical (unpaired) electrons. The van der Waals surface area contributed by atoms with Gasteiger partial charge in [0.15, 0.2) is 5.76 Å². The van der Waals surface area contributed by atoms with Gasteiger partial charge in [-0.25, -0.2) is 9.37 Å². The fourth-order valence-electron chi connectivity index (χ4n) is 2.27. The maximum absolute atomic E-state index is 13.6. The average Bonchev–Trinajstić information content (AvgIpc) is 2.98. The second-order valence-electron chi connectivity index (χ2n) is 5.21. The Balaban J connectivity index is 1.82. The predicted octanol–water partition coefficient (Wildman–Crippen LogP) is 4.36. The number of rotatable bonds is 5. The van der Waals surface area contributed by atoms with Crippen molar-refractivity contribution in [1.82, 2.24) is 4.98 Å². The summed E-state index contributed by atoms with van der Waals surface area (Å²) >= 11 is 0. The molecule has 23 heavy (non-hydrogen) atoms. The number of hydrogen-bond acceptors (Lipinski definition) is 4. The lowest BCUT2D eigenvalue weighted by Gasteiger charge is -2.03. The van der Waals surface area contributed by atoms with Crippen molar-refractivity contribution in [2.75, 3.05) is 5.32 Å². The quantitative estimate of drug-likeness (QED) is 0.761. The Morgan fingerprint density at radius 2 is 2.04 bits per heavy atom. The molecule has 1 aromatic heterocycles. The van der Waals surface area contributed by atoms with Gasteiger partial charge >= 0.3 is 0 Å². The number of benzene rings is 2. The summed E-state index contributed by atoms with van der Waals surface area (Å²) in [5.74, 6) is 0.270. The van der Waals surface area contributed by atoms with Gasteiger partial charge in [-0.2, -0.15) is 0 Å². The molecule has 0 aliphatic rings. The van der Waals surface area contributed by atoms with Crippen LogP contribution < -0.4 is 5.32 Å². The van der Waals surface area contributed by atoms with E-state index in [-0.39, 0.29) is 17.6 Å². The van der Waals surface area contributed by atoms with Crippen LogP contribution >= 0.6 is 0 Å². The minimum atomic E-state index is -0.379. The molecule has 0 saturated heterocycles.